The van der Waals surface area contributed by atoms with Gasteiger partial charge in [-0.1, -0.05) is 11.6 Å². The van der Waals surface area contributed by atoms with E-state index < -0.39 is 0 Å². The van der Waals surface area contributed by atoms with Crippen molar-refractivity contribution in [2.24, 2.45) is 0 Å². The number of aromatic hydroxyl groups is 1. The summed E-state index contributed by atoms with van der Waals surface area (Å²) in [5.41, 5.74) is 0.282. The molecule has 2 N–H and O–H groups in total. The molecule has 0 unspecified atom stereocenters. The van der Waals surface area contributed by atoms with Crippen LogP contribution in [0, 0.1) is 0 Å². The molecule has 4 nitrogen and oxygen atoms in total. The van der Waals surface area contributed by atoms with Gasteiger partial charge in [0.1, 0.15) is 5.75 Å². The Balaban J connectivity index is 2.03. The van der Waals surface area contributed by atoms with Crippen LogP contribution >= 0.6 is 11.6 Å². The first-order valence-corrected chi connectivity index (χ1v) is 6.76. The van der Waals surface area contributed by atoms with E-state index in [1.54, 1.807) is 6.07 Å². The average molecular weight is 283 g/mol. The van der Waals surface area contributed by atoms with Crippen LogP contribution in [0.25, 0.3) is 0 Å². The second-order valence-corrected chi connectivity index (χ2v) is 5.75. The fraction of sp³-hybridized carbons (Fsp3) is 0.500. The summed E-state index contributed by atoms with van der Waals surface area (Å²) >= 11 is 5.84. The van der Waals surface area contributed by atoms with Gasteiger partial charge in [-0.25, -0.2) is 0 Å². The van der Waals surface area contributed by atoms with Crippen molar-refractivity contribution < 1.29 is 9.90 Å². The van der Waals surface area contributed by atoms with Crippen LogP contribution in [0.1, 0.15) is 29.6 Å². The lowest BCUT2D eigenvalue weighted by molar-refractivity contribution is 0.0557. The van der Waals surface area contributed by atoms with E-state index in [1.165, 1.54) is 18.6 Å². The third-order valence-corrected chi connectivity index (χ3v) is 4.25. The van der Waals surface area contributed by atoms with Crippen molar-refractivity contribution in [1.29, 1.82) is 0 Å². The summed E-state index contributed by atoms with van der Waals surface area (Å²) in [6.07, 6.45) is 3.36. The molecule has 0 spiro atoms. The van der Waals surface area contributed by atoms with E-state index in [0.717, 1.165) is 12.8 Å². The van der Waals surface area contributed by atoms with E-state index in [-0.39, 0.29) is 22.8 Å². The Hall–Kier alpha value is -1.26. The fourth-order valence-electron chi connectivity index (χ4n) is 2.40. The Morgan fingerprint density at radius 1 is 1.47 bits per heavy atom. The van der Waals surface area contributed by atoms with Crippen molar-refractivity contribution in [3.63, 3.8) is 0 Å². The van der Waals surface area contributed by atoms with E-state index >= 15 is 0 Å². The monoisotopic (exact) mass is 282 g/mol. The molecule has 0 atom stereocenters. The molecule has 2 rings (SSSR count). The molecule has 19 heavy (non-hydrogen) atoms. The standard InChI is InChI=1S/C14H19ClN2O2/c1-17(2)14(6-3-7-14)9-16-13(19)11-8-10(15)4-5-12(11)18/h4-5,8,18H,3,6-7,9H2,1-2H3,(H,16,19). The number of likely N-dealkylation sites (N-methyl/N-ethyl adjacent to an activating group) is 1. The maximum Gasteiger partial charge on any atom is 0.255 e. The normalized spacial score (nSPS) is 17.1. The number of hydrogen-bond acceptors (Lipinski definition) is 3. The van der Waals surface area contributed by atoms with Crippen molar-refractivity contribution in [2.45, 2.75) is 24.8 Å². The summed E-state index contributed by atoms with van der Waals surface area (Å²) in [5.74, 6) is -0.331. The molecular formula is C14H19ClN2O2. The van der Waals surface area contributed by atoms with Gasteiger partial charge in [-0.05, 0) is 51.6 Å². The molecule has 5 heteroatoms. The molecule has 0 heterocycles. The summed E-state index contributed by atoms with van der Waals surface area (Å²) in [7, 11) is 4.06. The first kappa shape index (κ1) is 14.2. The van der Waals surface area contributed by atoms with Crippen LogP contribution in [0.4, 0.5) is 0 Å². The molecule has 0 aromatic heterocycles. The minimum absolute atomic E-state index is 0.0468. The highest BCUT2D eigenvalue weighted by molar-refractivity contribution is 6.31. The van der Waals surface area contributed by atoms with E-state index in [1.807, 2.05) is 14.1 Å². The van der Waals surface area contributed by atoms with Gasteiger partial charge in [0.25, 0.3) is 5.91 Å². The molecule has 1 amide bonds. The first-order chi connectivity index (χ1) is 8.94. The Bertz CT molecular complexity index is 484. The summed E-state index contributed by atoms with van der Waals surface area (Å²) in [6.45, 7) is 0.588. The van der Waals surface area contributed by atoms with Gasteiger partial charge in [-0.15, -0.1) is 0 Å². The maximum absolute atomic E-state index is 12.1. The zero-order valence-corrected chi connectivity index (χ0v) is 12.0. The van der Waals surface area contributed by atoms with E-state index in [0.29, 0.717) is 11.6 Å². The van der Waals surface area contributed by atoms with Gasteiger partial charge in [-0.3, -0.25) is 4.79 Å². The van der Waals surface area contributed by atoms with Gasteiger partial charge in [0, 0.05) is 17.1 Å². The zero-order chi connectivity index (χ0) is 14.0. The number of carbonyl (C=O) groups excluding carboxylic acids is 1. The molecule has 104 valence electrons. The third kappa shape index (κ3) is 2.85. The average Bonchev–Trinajstić information content (AvgIpc) is 2.30. The molecule has 1 saturated carbocycles. The Labute approximate surface area is 118 Å². The van der Waals surface area contributed by atoms with Crippen molar-refractivity contribution in [3.05, 3.63) is 28.8 Å². The summed E-state index contributed by atoms with van der Waals surface area (Å²) < 4.78 is 0. The number of halogens is 1. The number of hydrogen-bond donors (Lipinski definition) is 2. The number of benzene rings is 1. The molecule has 1 aromatic carbocycles. The second-order valence-electron chi connectivity index (χ2n) is 5.32. The molecule has 1 fully saturated rings. The minimum atomic E-state index is -0.284. The number of nitrogens with one attached hydrogen (secondary N) is 1. The molecule has 1 aromatic rings. The van der Waals surface area contributed by atoms with Crippen LogP contribution in [-0.2, 0) is 0 Å². The quantitative estimate of drug-likeness (QED) is 0.891. The molecule has 1 aliphatic rings. The lowest BCUT2D eigenvalue weighted by atomic mass is 9.75. The van der Waals surface area contributed by atoms with Crippen LogP contribution in [0.15, 0.2) is 18.2 Å². The molecule has 0 bridgehead atoms. The lowest BCUT2D eigenvalue weighted by Crippen LogP contribution is -2.57. The van der Waals surface area contributed by atoms with Crippen LogP contribution in [0.5, 0.6) is 5.75 Å². The number of rotatable bonds is 4. The fourth-order valence-corrected chi connectivity index (χ4v) is 2.57. The van der Waals surface area contributed by atoms with Crippen molar-refractivity contribution >= 4 is 17.5 Å². The van der Waals surface area contributed by atoms with Crippen LogP contribution in [-0.4, -0.2) is 42.1 Å². The van der Waals surface area contributed by atoms with E-state index in [4.69, 9.17) is 11.6 Å². The SMILES string of the molecule is CN(C)C1(CNC(=O)c2cc(Cl)ccc2O)CCC1. The van der Waals surface area contributed by atoms with E-state index in [2.05, 4.69) is 10.2 Å². The summed E-state index contributed by atoms with van der Waals surface area (Å²) in [6, 6.07) is 4.47. The molecule has 1 aliphatic carbocycles. The maximum atomic E-state index is 12.1. The largest absolute Gasteiger partial charge is 0.507 e. The Kier molecular flexibility index (Phi) is 4.02. The predicted molar refractivity (Wildman–Crippen MR) is 75.7 cm³/mol. The first-order valence-electron chi connectivity index (χ1n) is 6.39. The van der Waals surface area contributed by atoms with Crippen molar-refractivity contribution in [2.75, 3.05) is 20.6 Å². The van der Waals surface area contributed by atoms with Crippen LogP contribution in [0.3, 0.4) is 0 Å². The zero-order valence-electron chi connectivity index (χ0n) is 11.2. The van der Waals surface area contributed by atoms with Gasteiger partial charge in [-0.2, -0.15) is 0 Å². The molecule has 0 aliphatic heterocycles. The number of amides is 1. The number of nitrogens with zero attached hydrogens (tertiary/aromatic N) is 1. The van der Waals surface area contributed by atoms with Crippen LogP contribution < -0.4 is 5.32 Å². The lowest BCUT2D eigenvalue weighted by Gasteiger charge is -2.47. The topological polar surface area (TPSA) is 52.6 Å². The number of carbonyl (C=O) groups is 1. The second kappa shape index (κ2) is 5.39. The highest BCUT2D eigenvalue weighted by atomic mass is 35.5. The number of phenolic OH excluding ortho intramolecular Hbond substituents is 1. The minimum Gasteiger partial charge on any atom is -0.507 e. The highest BCUT2D eigenvalue weighted by Gasteiger charge is 2.39. The third-order valence-electron chi connectivity index (χ3n) is 4.01. The molecule has 0 radical (unpaired) electrons. The van der Waals surface area contributed by atoms with Gasteiger partial charge in [0.15, 0.2) is 0 Å². The Morgan fingerprint density at radius 3 is 2.68 bits per heavy atom. The van der Waals surface area contributed by atoms with Gasteiger partial charge >= 0.3 is 0 Å². The molecule has 0 saturated heterocycles. The smallest absolute Gasteiger partial charge is 0.255 e. The van der Waals surface area contributed by atoms with Gasteiger partial charge in [0.05, 0.1) is 5.56 Å². The molecular weight excluding hydrogens is 264 g/mol. The summed E-state index contributed by atoms with van der Waals surface area (Å²) in [4.78, 5) is 14.2. The van der Waals surface area contributed by atoms with Gasteiger partial charge in [0.2, 0.25) is 0 Å². The Morgan fingerprint density at radius 2 is 2.16 bits per heavy atom. The highest BCUT2D eigenvalue weighted by Crippen LogP contribution is 2.35. The van der Waals surface area contributed by atoms with Gasteiger partial charge < -0.3 is 15.3 Å². The van der Waals surface area contributed by atoms with E-state index in [9.17, 15) is 9.90 Å². The van der Waals surface area contributed by atoms with Crippen molar-refractivity contribution in [1.82, 2.24) is 10.2 Å². The van der Waals surface area contributed by atoms with Crippen LogP contribution in [0.2, 0.25) is 5.02 Å². The van der Waals surface area contributed by atoms with Crippen molar-refractivity contribution in [3.8, 4) is 5.75 Å². The number of phenols is 1. The summed E-state index contributed by atoms with van der Waals surface area (Å²) in [5, 5.41) is 13.0. The predicted octanol–water partition coefficient (Wildman–Crippen LogP) is 2.26.